The van der Waals surface area contributed by atoms with Gasteiger partial charge >= 0.3 is 0 Å². The lowest BCUT2D eigenvalue weighted by Gasteiger charge is -2.12. The normalized spacial score (nSPS) is 17.7. The molecule has 1 aliphatic rings. The first-order valence-electron chi connectivity index (χ1n) is 7.50. The summed E-state index contributed by atoms with van der Waals surface area (Å²) in [7, 11) is 0. The van der Waals surface area contributed by atoms with E-state index in [1.807, 2.05) is 23.6 Å². The third-order valence-electron chi connectivity index (χ3n) is 3.87. The Labute approximate surface area is 143 Å². The number of rotatable bonds is 4. The smallest absolute Gasteiger partial charge is 0.229 e. The molecule has 0 radical (unpaired) electrons. The van der Waals surface area contributed by atoms with Crippen LogP contribution in [0.2, 0.25) is 0 Å². The van der Waals surface area contributed by atoms with Crippen LogP contribution in [0.4, 0.5) is 5.13 Å². The molecule has 2 aromatic rings. The Morgan fingerprint density at radius 2 is 2.22 bits per heavy atom. The minimum atomic E-state index is 0.102. The van der Waals surface area contributed by atoms with Crippen LogP contribution in [0.15, 0.2) is 29.6 Å². The summed E-state index contributed by atoms with van der Waals surface area (Å²) in [5.74, 6) is 1.03. The van der Waals surface area contributed by atoms with Gasteiger partial charge in [-0.25, -0.2) is 4.98 Å². The molecule has 1 unspecified atom stereocenters. The molecule has 3 rings (SSSR count). The second-order valence-corrected chi connectivity index (χ2v) is 7.74. The molecule has 0 bridgehead atoms. The fourth-order valence-corrected chi connectivity index (χ4v) is 4.23. The van der Waals surface area contributed by atoms with Crippen molar-refractivity contribution in [3.63, 3.8) is 0 Å². The highest BCUT2D eigenvalue weighted by molar-refractivity contribution is 8.13. The van der Waals surface area contributed by atoms with Crippen LogP contribution in [0, 0.1) is 12.8 Å². The molecular weight excluding hydrogens is 328 g/mol. The highest BCUT2D eigenvalue weighted by Crippen LogP contribution is 2.33. The maximum absolute atomic E-state index is 12.2. The number of thioether (sulfide) groups is 1. The third kappa shape index (κ3) is 3.64. The fourth-order valence-electron chi connectivity index (χ4n) is 2.69. The first-order valence-corrected chi connectivity index (χ1v) is 9.36. The van der Waals surface area contributed by atoms with Crippen molar-refractivity contribution in [3.05, 3.63) is 35.2 Å². The van der Waals surface area contributed by atoms with E-state index in [0.717, 1.165) is 16.4 Å². The molecule has 1 fully saturated rings. The molecule has 1 atom stereocenters. The Morgan fingerprint density at radius 3 is 2.96 bits per heavy atom. The molecule has 1 aromatic heterocycles. The fraction of sp³-hybridized carbons (Fsp3) is 0.353. The molecule has 0 saturated carbocycles. The number of amides is 1. The van der Waals surface area contributed by atoms with E-state index >= 15 is 0 Å². The van der Waals surface area contributed by atoms with Crippen molar-refractivity contribution in [2.45, 2.75) is 20.3 Å². The summed E-state index contributed by atoms with van der Waals surface area (Å²) in [6.45, 7) is 4.28. The SMILES string of the molecule is CC(=O)SCC1CC(=O)N(c2nc(-c3ccccc3C)cs2)C1. The van der Waals surface area contributed by atoms with Crippen molar-refractivity contribution in [1.29, 1.82) is 0 Å². The van der Waals surface area contributed by atoms with Gasteiger partial charge in [0.1, 0.15) is 0 Å². The second kappa shape index (κ2) is 6.84. The van der Waals surface area contributed by atoms with Gasteiger partial charge in [-0.15, -0.1) is 11.3 Å². The first kappa shape index (κ1) is 16.2. The average Bonchev–Trinajstić information content (AvgIpc) is 3.12. The largest absolute Gasteiger partial charge is 0.288 e. The highest BCUT2D eigenvalue weighted by atomic mass is 32.2. The number of hydrogen-bond acceptors (Lipinski definition) is 5. The van der Waals surface area contributed by atoms with Crippen molar-refractivity contribution in [2.24, 2.45) is 5.92 Å². The summed E-state index contributed by atoms with van der Waals surface area (Å²) in [6.07, 6.45) is 0.500. The van der Waals surface area contributed by atoms with Crippen LogP contribution in [0.3, 0.4) is 0 Å². The quantitative estimate of drug-likeness (QED) is 0.846. The summed E-state index contributed by atoms with van der Waals surface area (Å²) in [6, 6.07) is 8.11. The lowest BCUT2D eigenvalue weighted by molar-refractivity contribution is -0.117. The predicted molar refractivity (Wildman–Crippen MR) is 95.9 cm³/mol. The van der Waals surface area contributed by atoms with Crippen molar-refractivity contribution in [2.75, 3.05) is 17.2 Å². The number of nitrogens with zero attached hydrogens (tertiary/aromatic N) is 2. The number of aryl methyl sites for hydroxylation is 1. The Kier molecular flexibility index (Phi) is 4.82. The van der Waals surface area contributed by atoms with Gasteiger partial charge in [0.15, 0.2) is 10.2 Å². The zero-order chi connectivity index (χ0) is 16.4. The molecule has 0 spiro atoms. The van der Waals surface area contributed by atoms with Crippen LogP contribution in [-0.2, 0) is 9.59 Å². The van der Waals surface area contributed by atoms with E-state index in [4.69, 9.17) is 0 Å². The Balaban J connectivity index is 1.74. The van der Waals surface area contributed by atoms with E-state index in [-0.39, 0.29) is 16.9 Å². The maximum atomic E-state index is 12.2. The molecule has 1 aromatic carbocycles. The van der Waals surface area contributed by atoms with Gasteiger partial charge in [0.2, 0.25) is 5.91 Å². The number of carbonyl (C=O) groups is 2. The molecule has 1 aliphatic heterocycles. The zero-order valence-corrected chi connectivity index (χ0v) is 14.7. The van der Waals surface area contributed by atoms with E-state index in [1.54, 1.807) is 11.8 Å². The lowest BCUT2D eigenvalue weighted by Crippen LogP contribution is -2.24. The molecule has 0 aliphatic carbocycles. The predicted octanol–water partition coefficient (Wildman–Crippen LogP) is 3.75. The minimum absolute atomic E-state index is 0.102. The van der Waals surface area contributed by atoms with Gasteiger partial charge in [-0.2, -0.15) is 0 Å². The van der Waals surface area contributed by atoms with E-state index in [1.165, 1.54) is 28.7 Å². The molecule has 4 nitrogen and oxygen atoms in total. The Bertz CT molecular complexity index is 742. The summed E-state index contributed by atoms with van der Waals surface area (Å²) >= 11 is 2.80. The summed E-state index contributed by atoms with van der Waals surface area (Å²) in [5, 5.41) is 2.86. The molecule has 120 valence electrons. The van der Waals surface area contributed by atoms with Crippen molar-refractivity contribution < 1.29 is 9.59 Å². The van der Waals surface area contributed by atoms with Gasteiger partial charge in [0, 0.05) is 36.6 Å². The molecule has 0 N–H and O–H groups in total. The summed E-state index contributed by atoms with van der Waals surface area (Å²) in [4.78, 5) is 29.7. The Hall–Kier alpha value is -1.66. The van der Waals surface area contributed by atoms with E-state index in [9.17, 15) is 9.59 Å². The standard InChI is InChI=1S/C17H18N2O2S2/c1-11-5-3-4-6-14(11)15-10-23-17(18-15)19-8-13(7-16(19)21)9-22-12(2)20/h3-6,10,13H,7-9H2,1-2H3. The number of aromatic nitrogens is 1. The number of thiazole rings is 1. The van der Waals surface area contributed by atoms with Gasteiger partial charge in [-0.3, -0.25) is 14.5 Å². The Morgan fingerprint density at radius 1 is 1.43 bits per heavy atom. The first-order chi connectivity index (χ1) is 11.0. The van der Waals surface area contributed by atoms with Crippen molar-refractivity contribution in [3.8, 4) is 11.3 Å². The summed E-state index contributed by atoms with van der Waals surface area (Å²) in [5.41, 5.74) is 3.19. The monoisotopic (exact) mass is 346 g/mol. The van der Waals surface area contributed by atoms with Crippen molar-refractivity contribution >= 4 is 39.3 Å². The van der Waals surface area contributed by atoms with Crippen LogP contribution in [0.1, 0.15) is 18.9 Å². The van der Waals surface area contributed by atoms with Crippen LogP contribution < -0.4 is 4.90 Å². The van der Waals surface area contributed by atoms with Crippen LogP contribution in [0.5, 0.6) is 0 Å². The molecule has 6 heteroatoms. The molecule has 1 saturated heterocycles. The second-order valence-electron chi connectivity index (χ2n) is 5.71. The minimum Gasteiger partial charge on any atom is -0.288 e. The molecule has 2 heterocycles. The average molecular weight is 346 g/mol. The number of benzene rings is 1. The van der Waals surface area contributed by atoms with Crippen LogP contribution in [-0.4, -0.2) is 28.3 Å². The van der Waals surface area contributed by atoms with Crippen LogP contribution >= 0.6 is 23.1 Å². The molecular formula is C17H18N2O2S2. The van der Waals surface area contributed by atoms with Gasteiger partial charge in [0.25, 0.3) is 0 Å². The highest BCUT2D eigenvalue weighted by Gasteiger charge is 2.32. The topological polar surface area (TPSA) is 50.3 Å². The van der Waals surface area contributed by atoms with Crippen LogP contribution in [0.25, 0.3) is 11.3 Å². The van der Waals surface area contributed by atoms with Gasteiger partial charge < -0.3 is 0 Å². The van der Waals surface area contributed by atoms with E-state index in [0.29, 0.717) is 18.7 Å². The number of anilines is 1. The summed E-state index contributed by atoms with van der Waals surface area (Å²) < 4.78 is 0. The van der Waals surface area contributed by atoms with Gasteiger partial charge in [0.05, 0.1) is 5.69 Å². The number of hydrogen-bond donors (Lipinski definition) is 0. The third-order valence-corrected chi connectivity index (χ3v) is 5.78. The van der Waals surface area contributed by atoms with E-state index in [2.05, 4.69) is 18.0 Å². The van der Waals surface area contributed by atoms with Gasteiger partial charge in [-0.05, 0) is 18.4 Å². The zero-order valence-electron chi connectivity index (χ0n) is 13.1. The number of carbonyl (C=O) groups excluding carboxylic acids is 2. The molecule has 1 amide bonds. The van der Waals surface area contributed by atoms with E-state index < -0.39 is 0 Å². The lowest BCUT2D eigenvalue weighted by atomic mass is 10.1. The maximum Gasteiger partial charge on any atom is 0.229 e. The van der Waals surface area contributed by atoms with Crippen molar-refractivity contribution in [1.82, 2.24) is 4.98 Å². The molecule has 23 heavy (non-hydrogen) atoms. The van der Waals surface area contributed by atoms with Gasteiger partial charge in [-0.1, -0.05) is 36.0 Å².